The maximum atomic E-state index is 9.59. The zero-order chi connectivity index (χ0) is 18.5. The number of hydrogen-bond donors (Lipinski definition) is 1. The number of aliphatic hydroxyl groups excluding tert-OH is 1. The van der Waals surface area contributed by atoms with E-state index in [2.05, 4.69) is 40.7 Å². The van der Waals surface area contributed by atoms with Gasteiger partial charge in [0.05, 0.1) is 0 Å². The first-order chi connectivity index (χ1) is 12.6. The monoisotopic (exact) mass is 379 g/mol. The Labute approximate surface area is 163 Å². The van der Waals surface area contributed by atoms with Gasteiger partial charge >= 0.3 is 0 Å². The van der Waals surface area contributed by atoms with Crippen molar-refractivity contribution in [1.82, 2.24) is 14.7 Å². The van der Waals surface area contributed by atoms with Crippen LogP contribution in [0.2, 0.25) is 5.02 Å². The van der Waals surface area contributed by atoms with Gasteiger partial charge in [-0.25, -0.2) is 0 Å². The number of likely N-dealkylation sites (tertiary alicyclic amines) is 1. The van der Waals surface area contributed by atoms with Gasteiger partial charge < -0.3 is 10.0 Å². The first-order valence-electron chi connectivity index (χ1n) is 10.1. The minimum atomic E-state index is 0.275. The second kappa shape index (κ2) is 9.52. The van der Waals surface area contributed by atoms with Crippen LogP contribution in [0.3, 0.4) is 0 Å². The molecular weight excluding hydrogens is 346 g/mol. The molecule has 3 rings (SSSR count). The number of piperazine rings is 1. The molecule has 5 heteroatoms. The average Bonchev–Trinajstić information content (AvgIpc) is 2.62. The Kier molecular flexibility index (Phi) is 7.35. The SMILES string of the molecule is CC(C)N1CCC(N2CCN(Cc3cccc(Cl)c3)CC2CCO)CC1. The zero-order valence-electron chi connectivity index (χ0n) is 16.3. The highest BCUT2D eigenvalue weighted by Crippen LogP contribution is 2.25. The Morgan fingerprint density at radius 3 is 2.58 bits per heavy atom. The summed E-state index contributed by atoms with van der Waals surface area (Å²) >= 11 is 6.14. The molecule has 1 aromatic carbocycles. The molecule has 0 amide bonds. The van der Waals surface area contributed by atoms with Gasteiger partial charge in [0.1, 0.15) is 0 Å². The van der Waals surface area contributed by atoms with E-state index in [4.69, 9.17) is 11.6 Å². The first-order valence-corrected chi connectivity index (χ1v) is 10.5. The van der Waals surface area contributed by atoms with Crippen molar-refractivity contribution in [2.24, 2.45) is 0 Å². The van der Waals surface area contributed by atoms with Crippen molar-refractivity contribution < 1.29 is 5.11 Å². The van der Waals surface area contributed by atoms with E-state index in [0.717, 1.165) is 37.6 Å². The van der Waals surface area contributed by atoms with E-state index in [1.807, 2.05) is 12.1 Å². The number of benzene rings is 1. The molecule has 0 bridgehead atoms. The van der Waals surface area contributed by atoms with Crippen LogP contribution in [0.4, 0.5) is 0 Å². The summed E-state index contributed by atoms with van der Waals surface area (Å²) in [6.45, 7) is 11.5. The van der Waals surface area contributed by atoms with Crippen LogP contribution in [0.15, 0.2) is 24.3 Å². The average molecular weight is 380 g/mol. The summed E-state index contributed by atoms with van der Waals surface area (Å²) in [5, 5.41) is 10.4. The summed E-state index contributed by atoms with van der Waals surface area (Å²) in [6.07, 6.45) is 3.39. The molecule has 0 aromatic heterocycles. The van der Waals surface area contributed by atoms with Gasteiger partial charge in [-0.1, -0.05) is 23.7 Å². The Balaban J connectivity index is 1.58. The van der Waals surface area contributed by atoms with Crippen LogP contribution in [0.1, 0.15) is 38.7 Å². The van der Waals surface area contributed by atoms with Crippen LogP contribution in [-0.4, -0.2) is 77.3 Å². The Hall–Kier alpha value is -0.650. The van der Waals surface area contributed by atoms with Crippen LogP contribution in [0.5, 0.6) is 0 Å². The summed E-state index contributed by atoms with van der Waals surface area (Å²) in [4.78, 5) is 7.81. The maximum absolute atomic E-state index is 9.59. The van der Waals surface area contributed by atoms with Crippen molar-refractivity contribution in [2.45, 2.75) is 57.8 Å². The molecule has 1 atom stereocenters. The van der Waals surface area contributed by atoms with Crippen LogP contribution in [0, 0.1) is 0 Å². The zero-order valence-corrected chi connectivity index (χ0v) is 17.0. The highest BCUT2D eigenvalue weighted by molar-refractivity contribution is 6.30. The van der Waals surface area contributed by atoms with Crippen molar-refractivity contribution in [3.63, 3.8) is 0 Å². The molecule has 2 aliphatic rings. The second-order valence-corrected chi connectivity index (χ2v) is 8.57. The van der Waals surface area contributed by atoms with Gasteiger partial charge in [0.15, 0.2) is 0 Å². The van der Waals surface area contributed by atoms with E-state index >= 15 is 0 Å². The molecule has 2 saturated heterocycles. The summed E-state index contributed by atoms with van der Waals surface area (Å²) in [7, 11) is 0. The predicted molar refractivity (Wildman–Crippen MR) is 109 cm³/mol. The van der Waals surface area contributed by atoms with Gasteiger partial charge in [0.25, 0.3) is 0 Å². The van der Waals surface area contributed by atoms with Crippen molar-refractivity contribution in [2.75, 3.05) is 39.3 Å². The third-order valence-corrected chi connectivity index (χ3v) is 6.30. The predicted octanol–water partition coefficient (Wildman–Crippen LogP) is 3.08. The number of aliphatic hydroxyl groups is 1. The van der Waals surface area contributed by atoms with Crippen LogP contribution in [-0.2, 0) is 6.54 Å². The normalized spacial score (nSPS) is 24.4. The number of nitrogens with zero attached hydrogens (tertiary/aromatic N) is 3. The Morgan fingerprint density at radius 1 is 1.15 bits per heavy atom. The lowest BCUT2D eigenvalue weighted by molar-refractivity contribution is -0.0000278. The van der Waals surface area contributed by atoms with Gasteiger partial charge in [-0.2, -0.15) is 0 Å². The van der Waals surface area contributed by atoms with Gasteiger partial charge in [0, 0.05) is 55.9 Å². The molecule has 2 fully saturated rings. The molecular formula is C21H34ClN3O. The van der Waals surface area contributed by atoms with Gasteiger partial charge in [-0.05, 0) is 63.9 Å². The van der Waals surface area contributed by atoms with Crippen molar-refractivity contribution in [3.8, 4) is 0 Å². The van der Waals surface area contributed by atoms with E-state index in [-0.39, 0.29) is 6.61 Å². The quantitative estimate of drug-likeness (QED) is 0.822. The molecule has 0 radical (unpaired) electrons. The largest absolute Gasteiger partial charge is 0.396 e. The molecule has 146 valence electrons. The summed E-state index contributed by atoms with van der Waals surface area (Å²) < 4.78 is 0. The minimum Gasteiger partial charge on any atom is -0.396 e. The number of rotatable bonds is 6. The van der Waals surface area contributed by atoms with Gasteiger partial charge in [-0.3, -0.25) is 9.80 Å². The van der Waals surface area contributed by atoms with Gasteiger partial charge in [-0.15, -0.1) is 0 Å². The highest BCUT2D eigenvalue weighted by Gasteiger charge is 2.33. The van der Waals surface area contributed by atoms with Crippen LogP contribution in [0.25, 0.3) is 0 Å². The fourth-order valence-corrected chi connectivity index (χ4v) is 4.80. The van der Waals surface area contributed by atoms with E-state index in [0.29, 0.717) is 18.1 Å². The van der Waals surface area contributed by atoms with E-state index in [9.17, 15) is 5.11 Å². The van der Waals surface area contributed by atoms with Gasteiger partial charge in [0.2, 0.25) is 0 Å². The lowest BCUT2D eigenvalue weighted by atomic mass is 9.97. The number of hydrogen-bond acceptors (Lipinski definition) is 4. The lowest BCUT2D eigenvalue weighted by Crippen LogP contribution is -2.58. The van der Waals surface area contributed by atoms with Crippen molar-refractivity contribution in [3.05, 3.63) is 34.9 Å². The molecule has 1 unspecified atom stereocenters. The first kappa shape index (κ1) is 20.1. The number of halogens is 1. The van der Waals surface area contributed by atoms with Crippen LogP contribution >= 0.6 is 11.6 Å². The van der Waals surface area contributed by atoms with E-state index in [1.165, 1.54) is 31.5 Å². The fourth-order valence-electron chi connectivity index (χ4n) is 4.59. The third kappa shape index (κ3) is 5.20. The second-order valence-electron chi connectivity index (χ2n) is 8.13. The molecule has 2 heterocycles. The molecule has 2 aliphatic heterocycles. The van der Waals surface area contributed by atoms with Crippen molar-refractivity contribution in [1.29, 1.82) is 0 Å². The molecule has 0 aliphatic carbocycles. The van der Waals surface area contributed by atoms with Crippen molar-refractivity contribution >= 4 is 11.6 Å². The third-order valence-electron chi connectivity index (χ3n) is 6.07. The summed E-state index contributed by atoms with van der Waals surface area (Å²) in [5.74, 6) is 0. The minimum absolute atomic E-state index is 0.275. The molecule has 1 N–H and O–H groups in total. The summed E-state index contributed by atoms with van der Waals surface area (Å²) in [5.41, 5.74) is 1.28. The fraction of sp³-hybridized carbons (Fsp3) is 0.714. The lowest BCUT2D eigenvalue weighted by Gasteiger charge is -2.48. The number of piperidine rings is 1. The Morgan fingerprint density at radius 2 is 1.92 bits per heavy atom. The smallest absolute Gasteiger partial charge is 0.0446 e. The molecule has 26 heavy (non-hydrogen) atoms. The molecule has 0 spiro atoms. The molecule has 4 nitrogen and oxygen atoms in total. The topological polar surface area (TPSA) is 30.0 Å². The molecule has 1 aromatic rings. The maximum Gasteiger partial charge on any atom is 0.0446 e. The highest BCUT2D eigenvalue weighted by atomic mass is 35.5. The van der Waals surface area contributed by atoms with E-state index < -0.39 is 0 Å². The summed E-state index contributed by atoms with van der Waals surface area (Å²) in [6, 6.07) is 9.97. The van der Waals surface area contributed by atoms with Crippen LogP contribution < -0.4 is 0 Å². The van der Waals surface area contributed by atoms with E-state index in [1.54, 1.807) is 0 Å². The Bertz CT molecular complexity index is 560. The standard InChI is InChI=1S/C21H34ClN3O/c1-17(2)24-9-6-20(7-10-24)25-12-11-23(16-21(25)8-13-26)15-18-4-3-5-19(22)14-18/h3-5,14,17,20-21,26H,6-13,15-16H2,1-2H3. The molecule has 0 saturated carbocycles.